The Morgan fingerprint density at radius 3 is 2.89 bits per heavy atom. The summed E-state index contributed by atoms with van der Waals surface area (Å²) in [7, 11) is 0. The molecule has 102 valence electrons. The zero-order valence-electron chi connectivity index (χ0n) is 11.1. The number of amides is 1. The van der Waals surface area contributed by atoms with Crippen LogP contribution < -0.4 is 11.5 Å². The van der Waals surface area contributed by atoms with Crippen LogP contribution in [0.2, 0.25) is 0 Å². The summed E-state index contributed by atoms with van der Waals surface area (Å²) < 4.78 is 0. The highest BCUT2D eigenvalue weighted by molar-refractivity contribution is 5.92. The lowest BCUT2D eigenvalue weighted by atomic mass is 9.98. The molecule has 0 spiro atoms. The van der Waals surface area contributed by atoms with Gasteiger partial charge in [-0.15, -0.1) is 0 Å². The van der Waals surface area contributed by atoms with Crippen LogP contribution in [-0.4, -0.2) is 29.9 Å². The maximum atomic E-state index is 11.2. The number of hydrogen-bond donors (Lipinski definition) is 2. The largest absolute Gasteiger partial charge is 0.366 e. The molecule has 1 aliphatic heterocycles. The van der Waals surface area contributed by atoms with Gasteiger partial charge in [-0.1, -0.05) is 12.1 Å². The molecule has 0 bridgehead atoms. The van der Waals surface area contributed by atoms with Gasteiger partial charge in [0.25, 0.3) is 0 Å². The summed E-state index contributed by atoms with van der Waals surface area (Å²) in [6, 6.07) is 8.00. The van der Waals surface area contributed by atoms with E-state index in [1.807, 2.05) is 12.1 Å². The predicted molar refractivity (Wildman–Crippen MR) is 74.4 cm³/mol. The summed E-state index contributed by atoms with van der Waals surface area (Å²) in [4.78, 5) is 13.6. The van der Waals surface area contributed by atoms with E-state index in [1.54, 1.807) is 6.07 Å². The number of nitrogens with two attached hydrogens (primary N) is 2. The van der Waals surface area contributed by atoms with E-state index in [0.29, 0.717) is 17.5 Å². The van der Waals surface area contributed by atoms with Gasteiger partial charge < -0.3 is 11.5 Å². The van der Waals surface area contributed by atoms with Crippen molar-refractivity contribution in [1.29, 1.82) is 0 Å². The smallest absolute Gasteiger partial charge is 0.248 e. The number of benzene rings is 1. The minimum absolute atomic E-state index is 0.359. The third-order valence-electron chi connectivity index (χ3n) is 4.61. The average Bonchev–Trinajstić information content (AvgIpc) is 2.92. The third kappa shape index (κ3) is 2.51. The maximum Gasteiger partial charge on any atom is 0.248 e. The highest BCUT2D eigenvalue weighted by atomic mass is 16.1. The Hall–Kier alpha value is -1.39. The van der Waals surface area contributed by atoms with Crippen molar-refractivity contribution in [3.8, 4) is 0 Å². The van der Waals surface area contributed by atoms with Gasteiger partial charge in [0, 0.05) is 31.2 Å². The lowest BCUT2D eigenvalue weighted by Crippen LogP contribution is -2.30. The summed E-state index contributed by atoms with van der Waals surface area (Å²) in [5.74, 6) is 1.08. The first-order chi connectivity index (χ1) is 9.13. The monoisotopic (exact) mass is 259 g/mol. The van der Waals surface area contributed by atoms with Gasteiger partial charge in [0.15, 0.2) is 0 Å². The molecule has 4 heteroatoms. The normalized spacial score (nSPS) is 30.5. The molecule has 3 atom stereocenters. The van der Waals surface area contributed by atoms with Gasteiger partial charge in [0.05, 0.1) is 0 Å². The number of fused-ring (bicyclic) bond motifs is 1. The Bertz CT molecular complexity index is 488. The molecule has 1 heterocycles. The molecule has 1 amide bonds. The minimum Gasteiger partial charge on any atom is -0.366 e. The third-order valence-corrected chi connectivity index (χ3v) is 4.61. The molecule has 1 aromatic rings. The Morgan fingerprint density at radius 2 is 2.16 bits per heavy atom. The number of hydrogen-bond acceptors (Lipinski definition) is 3. The number of primary amides is 1. The second kappa shape index (κ2) is 4.94. The van der Waals surface area contributed by atoms with Gasteiger partial charge in [-0.2, -0.15) is 0 Å². The second-order valence-corrected chi connectivity index (χ2v) is 5.92. The van der Waals surface area contributed by atoms with Gasteiger partial charge in [0.2, 0.25) is 5.91 Å². The van der Waals surface area contributed by atoms with Crippen LogP contribution in [0.1, 0.15) is 28.8 Å². The molecule has 19 heavy (non-hydrogen) atoms. The fourth-order valence-corrected chi connectivity index (χ4v) is 3.61. The molecule has 2 aliphatic rings. The van der Waals surface area contributed by atoms with Crippen molar-refractivity contribution in [1.82, 2.24) is 4.90 Å². The molecule has 0 radical (unpaired) electrons. The van der Waals surface area contributed by atoms with Crippen molar-refractivity contribution in [2.75, 3.05) is 13.1 Å². The van der Waals surface area contributed by atoms with Crippen LogP contribution >= 0.6 is 0 Å². The Kier molecular flexibility index (Phi) is 3.29. The number of nitrogens with zero attached hydrogens (tertiary/aromatic N) is 1. The molecule has 3 unspecified atom stereocenters. The van der Waals surface area contributed by atoms with Crippen molar-refractivity contribution >= 4 is 5.91 Å². The number of likely N-dealkylation sites (tertiary alicyclic amines) is 1. The predicted octanol–water partition coefficient (Wildman–Crippen LogP) is 0.955. The molecule has 1 aromatic carbocycles. The summed E-state index contributed by atoms with van der Waals surface area (Å²) in [5, 5.41) is 0. The van der Waals surface area contributed by atoms with Crippen LogP contribution in [0.15, 0.2) is 24.3 Å². The Balaban J connectivity index is 1.66. The van der Waals surface area contributed by atoms with E-state index >= 15 is 0 Å². The molecule has 1 aliphatic carbocycles. The molecule has 4 N–H and O–H groups in total. The van der Waals surface area contributed by atoms with Crippen molar-refractivity contribution in [3.05, 3.63) is 35.4 Å². The lowest BCUT2D eigenvalue weighted by Gasteiger charge is -2.18. The van der Waals surface area contributed by atoms with Crippen LogP contribution in [0.3, 0.4) is 0 Å². The van der Waals surface area contributed by atoms with E-state index in [9.17, 15) is 4.79 Å². The Labute approximate surface area is 113 Å². The van der Waals surface area contributed by atoms with Crippen molar-refractivity contribution < 1.29 is 4.79 Å². The zero-order chi connectivity index (χ0) is 13.4. The van der Waals surface area contributed by atoms with Gasteiger partial charge in [0.1, 0.15) is 0 Å². The summed E-state index contributed by atoms with van der Waals surface area (Å²) in [6.45, 7) is 3.12. The summed E-state index contributed by atoms with van der Waals surface area (Å²) in [6.07, 6.45) is 2.45. The van der Waals surface area contributed by atoms with Crippen LogP contribution in [0.5, 0.6) is 0 Å². The van der Waals surface area contributed by atoms with Crippen molar-refractivity contribution in [2.24, 2.45) is 23.3 Å². The standard InChI is InChI=1S/C15H21N3O/c16-14-5-4-12-8-18(9-13(12)14)7-10-2-1-3-11(6-10)15(17)19/h1-3,6,12-14H,4-5,7-9,16H2,(H2,17,19). The molecule has 1 saturated carbocycles. The number of rotatable bonds is 3. The van der Waals surface area contributed by atoms with E-state index in [1.165, 1.54) is 12.8 Å². The van der Waals surface area contributed by atoms with E-state index in [4.69, 9.17) is 11.5 Å². The Morgan fingerprint density at radius 1 is 1.32 bits per heavy atom. The summed E-state index contributed by atoms with van der Waals surface area (Å²) >= 11 is 0. The zero-order valence-corrected chi connectivity index (χ0v) is 11.1. The minimum atomic E-state index is -0.359. The van der Waals surface area contributed by atoms with Gasteiger partial charge >= 0.3 is 0 Å². The van der Waals surface area contributed by atoms with Gasteiger partial charge in [-0.05, 0) is 42.4 Å². The van der Waals surface area contributed by atoms with E-state index < -0.39 is 0 Å². The van der Waals surface area contributed by atoms with Gasteiger partial charge in [-0.25, -0.2) is 0 Å². The average molecular weight is 259 g/mol. The molecule has 3 rings (SSSR count). The second-order valence-electron chi connectivity index (χ2n) is 5.92. The van der Waals surface area contributed by atoms with Gasteiger partial charge in [-0.3, -0.25) is 9.69 Å². The fraction of sp³-hybridized carbons (Fsp3) is 0.533. The van der Waals surface area contributed by atoms with Crippen LogP contribution in [0, 0.1) is 11.8 Å². The highest BCUT2D eigenvalue weighted by Crippen LogP contribution is 2.37. The number of carbonyl (C=O) groups is 1. The molecular weight excluding hydrogens is 238 g/mol. The van der Waals surface area contributed by atoms with Crippen LogP contribution in [0.4, 0.5) is 0 Å². The highest BCUT2D eigenvalue weighted by Gasteiger charge is 2.40. The van der Waals surface area contributed by atoms with Crippen LogP contribution in [-0.2, 0) is 6.54 Å². The molecule has 2 fully saturated rings. The fourth-order valence-electron chi connectivity index (χ4n) is 3.61. The van der Waals surface area contributed by atoms with Crippen LogP contribution in [0.25, 0.3) is 0 Å². The SMILES string of the molecule is NC(=O)c1cccc(CN2CC3CCC(N)C3C2)c1. The molecule has 0 aromatic heterocycles. The molecule has 4 nitrogen and oxygen atoms in total. The topological polar surface area (TPSA) is 72.4 Å². The first-order valence-electron chi connectivity index (χ1n) is 7.00. The molecular formula is C15H21N3O. The summed E-state index contributed by atoms with van der Waals surface area (Å²) in [5.41, 5.74) is 13.2. The number of carbonyl (C=O) groups excluding carboxylic acids is 1. The van der Waals surface area contributed by atoms with E-state index in [2.05, 4.69) is 11.0 Å². The first-order valence-corrected chi connectivity index (χ1v) is 7.00. The van der Waals surface area contributed by atoms with E-state index in [0.717, 1.165) is 31.1 Å². The lowest BCUT2D eigenvalue weighted by molar-refractivity contribution is 0.1000. The first kappa shape index (κ1) is 12.6. The van der Waals surface area contributed by atoms with E-state index in [-0.39, 0.29) is 5.91 Å². The quantitative estimate of drug-likeness (QED) is 0.849. The van der Waals surface area contributed by atoms with Crippen molar-refractivity contribution in [2.45, 2.75) is 25.4 Å². The maximum absolute atomic E-state index is 11.2. The molecule has 1 saturated heterocycles. The van der Waals surface area contributed by atoms with Crippen molar-refractivity contribution in [3.63, 3.8) is 0 Å².